The Balaban J connectivity index is 1.08. The van der Waals surface area contributed by atoms with E-state index in [4.69, 9.17) is 9.47 Å². The van der Waals surface area contributed by atoms with Gasteiger partial charge in [0.2, 0.25) is 11.8 Å². The Hall–Kier alpha value is -2.86. The van der Waals surface area contributed by atoms with Crippen LogP contribution in [0.5, 0.6) is 5.88 Å². The maximum absolute atomic E-state index is 14.7. The lowest BCUT2D eigenvalue weighted by atomic mass is 10.1. The number of nitrogens with zero attached hydrogens (tertiary/aromatic N) is 4. The molecule has 3 aromatic rings. The fourth-order valence-corrected chi connectivity index (χ4v) is 5.93. The van der Waals surface area contributed by atoms with Gasteiger partial charge in [-0.25, -0.2) is 14.4 Å². The molecule has 1 amide bonds. The average Bonchev–Trinajstić information content (AvgIpc) is 3.18. The van der Waals surface area contributed by atoms with Crippen molar-refractivity contribution in [2.24, 2.45) is 0 Å². The van der Waals surface area contributed by atoms with E-state index in [2.05, 4.69) is 30.5 Å². The van der Waals surface area contributed by atoms with Crippen molar-refractivity contribution in [1.29, 1.82) is 0 Å². The van der Waals surface area contributed by atoms with Crippen LogP contribution < -0.4 is 15.4 Å². The molecule has 6 heterocycles. The number of rotatable bonds is 7. The number of nitrogens with one attached hydrogen (secondary N) is 2. The van der Waals surface area contributed by atoms with Crippen LogP contribution in [0, 0.1) is 5.82 Å². The Bertz CT molecular complexity index is 1310. The summed E-state index contributed by atoms with van der Waals surface area (Å²) in [5, 5.41) is 6.45. The zero-order chi connectivity index (χ0) is 24.6. The summed E-state index contributed by atoms with van der Waals surface area (Å²) in [6, 6.07) is 7.77. The molecule has 3 aliphatic rings. The van der Waals surface area contributed by atoms with Crippen molar-refractivity contribution in [3.63, 3.8) is 0 Å². The molecule has 9 nitrogen and oxygen atoms in total. The maximum atomic E-state index is 14.7. The van der Waals surface area contributed by atoms with E-state index in [9.17, 15) is 9.18 Å². The van der Waals surface area contributed by atoms with Crippen molar-refractivity contribution < 1.29 is 18.7 Å². The van der Waals surface area contributed by atoms with E-state index in [0.717, 1.165) is 30.1 Å². The Kier molecular flexibility index (Phi) is 6.46. The van der Waals surface area contributed by atoms with Crippen molar-refractivity contribution in [3.05, 3.63) is 47.5 Å². The number of morpholine rings is 1. The molecule has 0 spiro atoms. The molecule has 0 aromatic carbocycles. The highest BCUT2D eigenvalue weighted by molar-refractivity contribution is 8.00. The summed E-state index contributed by atoms with van der Waals surface area (Å²) in [5.74, 6) is 1.17. The minimum Gasteiger partial charge on any atom is -0.481 e. The van der Waals surface area contributed by atoms with E-state index in [1.54, 1.807) is 19.2 Å². The molecule has 3 aromatic heterocycles. The van der Waals surface area contributed by atoms with Gasteiger partial charge in [-0.3, -0.25) is 14.7 Å². The number of thioether (sulfide) groups is 1. The van der Waals surface area contributed by atoms with Gasteiger partial charge in [0.15, 0.2) is 0 Å². The van der Waals surface area contributed by atoms with E-state index in [0.29, 0.717) is 53.6 Å². The summed E-state index contributed by atoms with van der Waals surface area (Å²) in [4.78, 5) is 28.2. The Morgan fingerprint density at radius 3 is 3.08 bits per heavy atom. The second-order valence-electron chi connectivity index (χ2n) is 9.32. The highest BCUT2D eigenvalue weighted by Crippen LogP contribution is 2.31. The molecule has 0 aliphatic carbocycles. The first-order chi connectivity index (χ1) is 17.6. The molecular formula is C25H27FN6O3S. The van der Waals surface area contributed by atoms with Gasteiger partial charge < -0.3 is 20.1 Å². The number of ether oxygens (including phenoxy) is 2. The Morgan fingerprint density at radius 1 is 1.28 bits per heavy atom. The summed E-state index contributed by atoms with van der Waals surface area (Å²) in [6.45, 7) is 2.91. The monoisotopic (exact) mass is 510 g/mol. The van der Waals surface area contributed by atoms with Crippen LogP contribution in [0.2, 0.25) is 0 Å². The van der Waals surface area contributed by atoms with Crippen molar-refractivity contribution in [1.82, 2.24) is 25.2 Å². The fraction of sp³-hybridized carbons (Fsp3) is 0.440. The van der Waals surface area contributed by atoms with Gasteiger partial charge >= 0.3 is 0 Å². The zero-order valence-electron chi connectivity index (χ0n) is 19.9. The number of halogens is 1. The lowest BCUT2D eigenvalue weighted by Gasteiger charge is -2.33. The molecule has 2 saturated heterocycles. The molecule has 0 saturated carbocycles. The van der Waals surface area contributed by atoms with Gasteiger partial charge in [-0.2, -0.15) is 0 Å². The number of hydrogen-bond acceptors (Lipinski definition) is 9. The second-order valence-corrected chi connectivity index (χ2v) is 10.3. The van der Waals surface area contributed by atoms with Gasteiger partial charge in [0.1, 0.15) is 11.6 Å². The van der Waals surface area contributed by atoms with Crippen LogP contribution in [0.3, 0.4) is 0 Å². The first kappa shape index (κ1) is 23.5. The smallest absolute Gasteiger partial charge is 0.235 e. The number of aromatic nitrogens is 3. The molecule has 0 unspecified atom stereocenters. The summed E-state index contributed by atoms with van der Waals surface area (Å²) in [5.41, 5.74) is 2.67. The van der Waals surface area contributed by atoms with Gasteiger partial charge in [0, 0.05) is 43.9 Å². The lowest BCUT2D eigenvalue weighted by Crippen LogP contribution is -2.47. The number of methoxy groups -OCH3 is 1. The number of likely N-dealkylation sites (tertiary alicyclic amines) is 1. The van der Waals surface area contributed by atoms with Crippen LogP contribution in [0.25, 0.3) is 11.0 Å². The predicted molar refractivity (Wildman–Crippen MR) is 134 cm³/mol. The quantitative estimate of drug-likeness (QED) is 0.496. The minimum absolute atomic E-state index is 0.0160. The van der Waals surface area contributed by atoms with Gasteiger partial charge in [-0.15, -0.1) is 11.8 Å². The van der Waals surface area contributed by atoms with Crippen molar-refractivity contribution >= 4 is 34.5 Å². The largest absolute Gasteiger partial charge is 0.481 e. The topological polar surface area (TPSA) is 102 Å². The highest BCUT2D eigenvalue weighted by Gasteiger charge is 2.40. The van der Waals surface area contributed by atoms with Gasteiger partial charge in [-0.05, 0) is 31.0 Å². The van der Waals surface area contributed by atoms with Crippen molar-refractivity contribution in [2.75, 3.05) is 37.8 Å². The Labute approximate surface area is 212 Å². The predicted octanol–water partition coefficient (Wildman–Crippen LogP) is 2.39. The molecule has 2 N–H and O–H groups in total. The fourth-order valence-electron chi connectivity index (χ4n) is 5.17. The molecular weight excluding hydrogens is 483 g/mol. The molecule has 0 radical (unpaired) electrons. The number of hydrogen-bond donors (Lipinski definition) is 2. The number of anilines is 1. The molecule has 188 valence electrons. The molecule has 6 rings (SSSR count). The Morgan fingerprint density at radius 2 is 2.19 bits per heavy atom. The highest BCUT2D eigenvalue weighted by atomic mass is 32.2. The van der Waals surface area contributed by atoms with Gasteiger partial charge in [-0.1, -0.05) is 0 Å². The zero-order valence-corrected chi connectivity index (χ0v) is 20.7. The van der Waals surface area contributed by atoms with E-state index in [-0.39, 0.29) is 30.0 Å². The third kappa shape index (κ3) is 4.75. The molecule has 2 bridgehead atoms. The molecule has 3 aliphatic heterocycles. The molecule has 11 heteroatoms. The van der Waals surface area contributed by atoms with Crippen molar-refractivity contribution in [2.45, 2.75) is 42.5 Å². The average molecular weight is 511 g/mol. The van der Waals surface area contributed by atoms with Crippen LogP contribution in [-0.2, 0) is 22.5 Å². The SMILES string of the molecule is COc1ccc2ncc(F)c(CCN3C[C@H]4C[C@H](NCc5ccc6c(n5)NC(=O)CS6)[C@@H](C3)O4)c2n1. The number of pyridine rings is 3. The summed E-state index contributed by atoms with van der Waals surface area (Å²) in [7, 11) is 1.55. The summed E-state index contributed by atoms with van der Waals surface area (Å²) in [6.07, 6.45) is 2.93. The second kappa shape index (κ2) is 9.89. The first-order valence-corrected chi connectivity index (χ1v) is 13.1. The standard InChI is InChI=1S/C25H27FN6O3S/c1-34-23-5-3-18-24(31-23)16(17(26)10-28-18)6-7-32-11-15-8-19(20(12-32)35-15)27-9-14-2-4-21-25(29-14)30-22(33)13-36-21/h2-5,10,15,19-20,27H,6-9,11-13H2,1H3,(H,29,30,33)/t15-,19+,20-/m1/s1. The number of carbonyl (C=O) groups is 1. The van der Waals surface area contributed by atoms with E-state index >= 15 is 0 Å². The number of fused-ring (bicyclic) bond motifs is 4. The van der Waals surface area contributed by atoms with Gasteiger partial charge in [0.05, 0.1) is 52.9 Å². The number of carbonyl (C=O) groups excluding carboxylic acids is 1. The van der Waals surface area contributed by atoms with Crippen LogP contribution >= 0.6 is 11.8 Å². The van der Waals surface area contributed by atoms with Crippen LogP contribution in [0.4, 0.5) is 10.2 Å². The van der Waals surface area contributed by atoms with Crippen LogP contribution in [-0.4, -0.2) is 76.5 Å². The van der Waals surface area contributed by atoms with E-state index in [1.165, 1.54) is 18.0 Å². The van der Waals surface area contributed by atoms with Crippen molar-refractivity contribution in [3.8, 4) is 5.88 Å². The third-order valence-corrected chi connectivity index (χ3v) is 7.98. The lowest BCUT2D eigenvalue weighted by molar-refractivity contribution is -0.113. The molecule has 2 fully saturated rings. The first-order valence-electron chi connectivity index (χ1n) is 12.1. The van der Waals surface area contributed by atoms with Gasteiger partial charge in [0.25, 0.3) is 0 Å². The molecule has 3 atom stereocenters. The third-order valence-electron chi connectivity index (χ3n) is 6.94. The minimum atomic E-state index is -0.342. The maximum Gasteiger partial charge on any atom is 0.235 e. The summed E-state index contributed by atoms with van der Waals surface area (Å²) >= 11 is 1.51. The van der Waals surface area contributed by atoms with E-state index < -0.39 is 0 Å². The van der Waals surface area contributed by atoms with Crippen LogP contribution in [0.1, 0.15) is 17.7 Å². The number of amides is 1. The molecule has 36 heavy (non-hydrogen) atoms. The summed E-state index contributed by atoms with van der Waals surface area (Å²) < 4.78 is 26.1. The van der Waals surface area contributed by atoms with E-state index in [1.807, 2.05) is 12.1 Å². The van der Waals surface area contributed by atoms with Crippen LogP contribution in [0.15, 0.2) is 35.4 Å². The normalized spacial score (nSPS) is 23.5.